The lowest BCUT2D eigenvalue weighted by Crippen LogP contribution is -2.12. The molecule has 0 aliphatic carbocycles. The molecular formula is C9H19NOS. The van der Waals surface area contributed by atoms with Crippen LogP contribution in [0.25, 0.3) is 0 Å². The Hall–Kier alpha value is 0.270. The van der Waals surface area contributed by atoms with E-state index in [1.165, 1.54) is 25.3 Å². The molecule has 12 heavy (non-hydrogen) atoms. The SMILES string of the molecule is CC(CCO)SCC1CCNC1. The molecule has 1 rings (SSSR count). The second kappa shape index (κ2) is 5.84. The van der Waals surface area contributed by atoms with E-state index < -0.39 is 0 Å². The first kappa shape index (κ1) is 10.4. The van der Waals surface area contributed by atoms with Gasteiger partial charge in [-0.3, -0.25) is 0 Å². The van der Waals surface area contributed by atoms with Gasteiger partial charge in [-0.15, -0.1) is 0 Å². The molecule has 2 N–H and O–H groups in total. The van der Waals surface area contributed by atoms with Gasteiger partial charge in [-0.2, -0.15) is 11.8 Å². The van der Waals surface area contributed by atoms with Crippen LogP contribution in [0, 0.1) is 5.92 Å². The van der Waals surface area contributed by atoms with Crippen LogP contribution in [0.1, 0.15) is 19.8 Å². The molecule has 0 spiro atoms. The molecule has 0 bridgehead atoms. The molecule has 0 aromatic carbocycles. The van der Waals surface area contributed by atoms with Crippen LogP contribution >= 0.6 is 11.8 Å². The molecule has 2 nitrogen and oxygen atoms in total. The molecule has 0 aromatic rings. The Kier molecular flexibility index (Phi) is 5.04. The standard InChI is InChI=1S/C9H19NOS/c1-8(3-5-11)12-7-9-2-4-10-6-9/h8-11H,2-7H2,1H3. The van der Waals surface area contributed by atoms with Crippen LogP contribution in [0.4, 0.5) is 0 Å². The maximum Gasteiger partial charge on any atom is 0.0441 e. The maximum absolute atomic E-state index is 8.70. The fourth-order valence-corrected chi connectivity index (χ4v) is 2.58. The lowest BCUT2D eigenvalue weighted by Gasteiger charge is -2.12. The Balaban J connectivity index is 1.99. The Morgan fingerprint density at radius 1 is 1.67 bits per heavy atom. The van der Waals surface area contributed by atoms with Crippen molar-refractivity contribution in [2.24, 2.45) is 5.92 Å². The van der Waals surface area contributed by atoms with Crippen molar-refractivity contribution in [3.8, 4) is 0 Å². The second-order valence-corrected chi connectivity index (χ2v) is 4.99. The van der Waals surface area contributed by atoms with E-state index in [1.807, 2.05) is 11.8 Å². The van der Waals surface area contributed by atoms with Gasteiger partial charge >= 0.3 is 0 Å². The third kappa shape index (κ3) is 3.78. The summed E-state index contributed by atoms with van der Waals surface area (Å²) in [5.41, 5.74) is 0. The summed E-state index contributed by atoms with van der Waals surface area (Å²) in [5.74, 6) is 2.13. The predicted molar refractivity (Wildman–Crippen MR) is 54.6 cm³/mol. The number of aliphatic hydroxyl groups is 1. The van der Waals surface area contributed by atoms with E-state index in [4.69, 9.17) is 5.11 Å². The monoisotopic (exact) mass is 189 g/mol. The summed E-state index contributed by atoms with van der Waals surface area (Å²) in [5, 5.41) is 12.7. The maximum atomic E-state index is 8.70. The second-order valence-electron chi connectivity index (χ2n) is 3.52. The van der Waals surface area contributed by atoms with E-state index in [2.05, 4.69) is 12.2 Å². The molecule has 0 aromatic heterocycles. The number of rotatable bonds is 5. The van der Waals surface area contributed by atoms with Gasteiger partial charge in [-0.05, 0) is 37.6 Å². The summed E-state index contributed by atoms with van der Waals surface area (Å²) in [6, 6.07) is 0. The van der Waals surface area contributed by atoms with Crippen molar-refractivity contribution in [3.05, 3.63) is 0 Å². The van der Waals surface area contributed by atoms with Crippen LogP contribution in [-0.2, 0) is 0 Å². The van der Waals surface area contributed by atoms with Crippen LogP contribution in [0.15, 0.2) is 0 Å². The minimum absolute atomic E-state index is 0.330. The molecule has 1 aliphatic rings. The molecule has 0 amide bonds. The zero-order chi connectivity index (χ0) is 8.81. The first-order valence-electron chi connectivity index (χ1n) is 4.76. The van der Waals surface area contributed by atoms with Crippen molar-refractivity contribution >= 4 is 11.8 Å². The molecular weight excluding hydrogens is 170 g/mol. The van der Waals surface area contributed by atoms with Gasteiger partial charge in [0.25, 0.3) is 0 Å². The third-order valence-corrected chi connectivity index (χ3v) is 3.78. The molecule has 1 fully saturated rings. The summed E-state index contributed by atoms with van der Waals surface area (Å²) in [7, 11) is 0. The van der Waals surface area contributed by atoms with Gasteiger partial charge in [0.05, 0.1) is 0 Å². The number of thioether (sulfide) groups is 1. The smallest absolute Gasteiger partial charge is 0.0441 e. The summed E-state index contributed by atoms with van der Waals surface area (Å²) in [6.45, 7) is 4.92. The Bertz CT molecular complexity index is 115. The third-order valence-electron chi connectivity index (χ3n) is 2.31. The van der Waals surface area contributed by atoms with Crippen LogP contribution in [0.2, 0.25) is 0 Å². The summed E-state index contributed by atoms with van der Waals surface area (Å²) < 4.78 is 0. The zero-order valence-electron chi connectivity index (χ0n) is 7.75. The van der Waals surface area contributed by atoms with Crippen molar-refractivity contribution in [3.63, 3.8) is 0 Å². The first-order valence-corrected chi connectivity index (χ1v) is 5.81. The highest BCUT2D eigenvalue weighted by Crippen LogP contribution is 2.20. The van der Waals surface area contributed by atoms with Crippen LogP contribution in [0.5, 0.6) is 0 Å². The summed E-state index contributed by atoms with van der Waals surface area (Å²) in [4.78, 5) is 0. The van der Waals surface area contributed by atoms with Crippen molar-refractivity contribution in [1.29, 1.82) is 0 Å². The quantitative estimate of drug-likeness (QED) is 0.679. The van der Waals surface area contributed by atoms with Gasteiger partial charge in [0.15, 0.2) is 0 Å². The Morgan fingerprint density at radius 2 is 2.50 bits per heavy atom. The highest BCUT2D eigenvalue weighted by Gasteiger charge is 2.15. The van der Waals surface area contributed by atoms with E-state index >= 15 is 0 Å². The molecule has 0 radical (unpaired) electrons. The van der Waals surface area contributed by atoms with Gasteiger partial charge in [0, 0.05) is 11.9 Å². The molecule has 2 unspecified atom stereocenters. The van der Waals surface area contributed by atoms with Crippen molar-refractivity contribution < 1.29 is 5.11 Å². The highest BCUT2D eigenvalue weighted by atomic mass is 32.2. The first-order chi connectivity index (χ1) is 5.83. The van der Waals surface area contributed by atoms with Gasteiger partial charge < -0.3 is 10.4 Å². The van der Waals surface area contributed by atoms with Crippen molar-refractivity contribution in [2.75, 3.05) is 25.4 Å². The minimum atomic E-state index is 0.330. The number of aliphatic hydroxyl groups excluding tert-OH is 1. The molecule has 72 valence electrons. The number of nitrogens with one attached hydrogen (secondary N) is 1. The molecule has 3 heteroatoms. The number of hydrogen-bond acceptors (Lipinski definition) is 3. The lowest BCUT2D eigenvalue weighted by atomic mass is 10.2. The summed E-state index contributed by atoms with van der Waals surface area (Å²) >= 11 is 2.00. The largest absolute Gasteiger partial charge is 0.396 e. The summed E-state index contributed by atoms with van der Waals surface area (Å²) in [6.07, 6.45) is 2.27. The van der Waals surface area contributed by atoms with Gasteiger partial charge in [-0.1, -0.05) is 6.92 Å². The van der Waals surface area contributed by atoms with Crippen LogP contribution < -0.4 is 5.32 Å². The molecule has 0 saturated carbocycles. The molecule has 1 aliphatic heterocycles. The Morgan fingerprint density at radius 3 is 3.08 bits per heavy atom. The molecule has 2 atom stereocenters. The van der Waals surface area contributed by atoms with E-state index in [1.54, 1.807) is 0 Å². The minimum Gasteiger partial charge on any atom is -0.396 e. The average molecular weight is 189 g/mol. The van der Waals surface area contributed by atoms with Gasteiger partial charge in [0.1, 0.15) is 0 Å². The van der Waals surface area contributed by atoms with E-state index in [0.717, 1.165) is 12.3 Å². The predicted octanol–water partition coefficient (Wildman–Crippen LogP) is 1.10. The fraction of sp³-hybridized carbons (Fsp3) is 1.00. The van der Waals surface area contributed by atoms with Gasteiger partial charge in [-0.25, -0.2) is 0 Å². The molecule has 1 heterocycles. The average Bonchev–Trinajstić information content (AvgIpc) is 2.53. The normalized spacial score (nSPS) is 26.0. The van der Waals surface area contributed by atoms with Crippen molar-refractivity contribution in [2.45, 2.75) is 25.0 Å². The topological polar surface area (TPSA) is 32.3 Å². The van der Waals surface area contributed by atoms with E-state index in [9.17, 15) is 0 Å². The van der Waals surface area contributed by atoms with Crippen molar-refractivity contribution in [1.82, 2.24) is 5.32 Å². The van der Waals surface area contributed by atoms with Crippen LogP contribution in [0.3, 0.4) is 0 Å². The highest BCUT2D eigenvalue weighted by molar-refractivity contribution is 7.99. The lowest BCUT2D eigenvalue weighted by molar-refractivity contribution is 0.289. The van der Waals surface area contributed by atoms with E-state index in [-0.39, 0.29) is 0 Å². The number of hydrogen-bond donors (Lipinski definition) is 2. The molecule has 1 saturated heterocycles. The van der Waals surface area contributed by atoms with E-state index in [0.29, 0.717) is 11.9 Å². The zero-order valence-corrected chi connectivity index (χ0v) is 8.57. The van der Waals surface area contributed by atoms with Crippen LogP contribution in [-0.4, -0.2) is 35.8 Å². The van der Waals surface area contributed by atoms with Gasteiger partial charge in [0.2, 0.25) is 0 Å². The fourth-order valence-electron chi connectivity index (χ4n) is 1.42. The Labute approximate surface area is 79.1 Å².